The quantitative estimate of drug-likeness (QED) is 0.659. The van der Waals surface area contributed by atoms with E-state index in [0.717, 1.165) is 24.3 Å². The van der Waals surface area contributed by atoms with E-state index in [4.69, 9.17) is 0 Å². The predicted molar refractivity (Wildman–Crippen MR) is 116 cm³/mol. The third kappa shape index (κ3) is 4.71. The number of hydrogen-bond acceptors (Lipinski definition) is 5. The second kappa shape index (κ2) is 8.73. The highest BCUT2D eigenvalue weighted by Crippen LogP contribution is 2.23. The number of rotatable bonds is 6. The van der Waals surface area contributed by atoms with Gasteiger partial charge in [-0.05, 0) is 61.7 Å². The van der Waals surface area contributed by atoms with Gasteiger partial charge >= 0.3 is 0 Å². The highest BCUT2D eigenvalue weighted by Gasteiger charge is 2.14. The molecule has 3 aromatic rings. The normalized spacial score (nSPS) is 14.4. The van der Waals surface area contributed by atoms with Crippen molar-refractivity contribution in [3.05, 3.63) is 78.0 Å². The maximum absolute atomic E-state index is 12.4. The molecule has 2 heterocycles. The smallest absolute Gasteiger partial charge is 0.272 e. The van der Waals surface area contributed by atoms with E-state index in [2.05, 4.69) is 37.9 Å². The second-order valence-electron chi connectivity index (χ2n) is 7.28. The van der Waals surface area contributed by atoms with Crippen molar-refractivity contribution in [2.75, 3.05) is 23.3 Å². The fourth-order valence-electron chi connectivity index (χ4n) is 3.49. The van der Waals surface area contributed by atoms with E-state index < -0.39 is 0 Å². The molecule has 2 N–H and O–H groups in total. The summed E-state index contributed by atoms with van der Waals surface area (Å²) in [5, 5.41) is 14.4. The Morgan fingerprint density at radius 1 is 0.931 bits per heavy atom. The van der Waals surface area contributed by atoms with E-state index in [1.54, 1.807) is 12.1 Å². The summed E-state index contributed by atoms with van der Waals surface area (Å²) in [5.74, 6) is 0.363. The van der Waals surface area contributed by atoms with Crippen LogP contribution in [0.25, 0.3) is 0 Å². The fraction of sp³-hybridized carbons (Fsp3) is 0.261. The molecule has 0 bridgehead atoms. The van der Waals surface area contributed by atoms with Crippen molar-refractivity contribution < 1.29 is 4.79 Å². The molecule has 6 nitrogen and oxygen atoms in total. The topological polar surface area (TPSA) is 70.2 Å². The molecule has 1 atom stereocenters. The molecular formula is C23H25N5O. The molecule has 29 heavy (non-hydrogen) atoms. The monoisotopic (exact) mass is 387 g/mol. The van der Waals surface area contributed by atoms with Crippen molar-refractivity contribution in [2.45, 2.75) is 25.8 Å². The second-order valence-corrected chi connectivity index (χ2v) is 7.28. The largest absolute Gasteiger partial charge is 0.372 e. The van der Waals surface area contributed by atoms with Crippen molar-refractivity contribution in [3.8, 4) is 0 Å². The Labute approximate surface area is 171 Å². The Balaban J connectivity index is 1.35. The first kappa shape index (κ1) is 18.9. The van der Waals surface area contributed by atoms with Gasteiger partial charge in [0.2, 0.25) is 0 Å². The lowest BCUT2D eigenvalue weighted by Gasteiger charge is -2.17. The van der Waals surface area contributed by atoms with E-state index in [-0.39, 0.29) is 11.9 Å². The molecule has 1 aliphatic heterocycles. The van der Waals surface area contributed by atoms with Crippen LogP contribution in [0.5, 0.6) is 0 Å². The molecule has 0 radical (unpaired) electrons. The zero-order chi connectivity index (χ0) is 20.1. The number of carbonyl (C=O) groups excluding carboxylic acids is 1. The molecule has 6 heteroatoms. The molecule has 1 saturated heterocycles. The Morgan fingerprint density at radius 2 is 1.66 bits per heavy atom. The Bertz CT molecular complexity index is 935. The van der Waals surface area contributed by atoms with Gasteiger partial charge in [-0.15, -0.1) is 10.2 Å². The van der Waals surface area contributed by atoms with Gasteiger partial charge in [-0.25, -0.2) is 0 Å². The number of carbonyl (C=O) groups is 1. The lowest BCUT2D eigenvalue weighted by molar-refractivity contribution is 0.0934. The molecule has 1 aliphatic rings. The molecule has 0 saturated carbocycles. The molecule has 0 spiro atoms. The van der Waals surface area contributed by atoms with Gasteiger partial charge in [0, 0.05) is 24.5 Å². The van der Waals surface area contributed by atoms with E-state index in [1.165, 1.54) is 18.5 Å². The van der Waals surface area contributed by atoms with Gasteiger partial charge in [0.25, 0.3) is 5.91 Å². The van der Waals surface area contributed by atoms with E-state index >= 15 is 0 Å². The molecule has 1 unspecified atom stereocenters. The molecule has 1 fully saturated rings. The summed E-state index contributed by atoms with van der Waals surface area (Å²) in [5.41, 5.74) is 3.53. The van der Waals surface area contributed by atoms with Crippen molar-refractivity contribution in [2.24, 2.45) is 0 Å². The number of hydrogen-bond donors (Lipinski definition) is 2. The van der Waals surface area contributed by atoms with Crippen LogP contribution >= 0.6 is 0 Å². The van der Waals surface area contributed by atoms with Crippen molar-refractivity contribution in [1.29, 1.82) is 0 Å². The zero-order valence-electron chi connectivity index (χ0n) is 16.5. The molecule has 1 amide bonds. The summed E-state index contributed by atoms with van der Waals surface area (Å²) >= 11 is 0. The van der Waals surface area contributed by atoms with Crippen LogP contribution in [0.2, 0.25) is 0 Å². The lowest BCUT2D eigenvalue weighted by atomic mass is 10.1. The Kier molecular flexibility index (Phi) is 5.70. The third-order valence-electron chi connectivity index (χ3n) is 5.16. The predicted octanol–water partition coefficient (Wildman–Crippen LogP) is 4.31. The number of benzene rings is 2. The van der Waals surface area contributed by atoms with Crippen LogP contribution in [-0.2, 0) is 0 Å². The Morgan fingerprint density at radius 3 is 2.31 bits per heavy atom. The lowest BCUT2D eigenvalue weighted by Crippen LogP contribution is -2.27. The van der Waals surface area contributed by atoms with Crippen molar-refractivity contribution >= 4 is 23.1 Å². The standard InChI is InChI=1S/C23H25N5O/c1-17(18-7-3-2-4-8-18)24-23(29)21-13-14-22(27-26-21)25-19-9-11-20(12-10-19)28-15-5-6-16-28/h2-4,7-14,17H,5-6,15-16H2,1H3,(H,24,29)(H,25,27). The Hall–Kier alpha value is -3.41. The summed E-state index contributed by atoms with van der Waals surface area (Å²) in [6.07, 6.45) is 2.53. The van der Waals surface area contributed by atoms with Gasteiger partial charge in [-0.2, -0.15) is 0 Å². The van der Waals surface area contributed by atoms with Gasteiger partial charge in [0.05, 0.1) is 6.04 Å². The molecule has 1 aromatic heterocycles. The average molecular weight is 387 g/mol. The first-order valence-corrected chi connectivity index (χ1v) is 10.0. The minimum atomic E-state index is -0.240. The highest BCUT2D eigenvalue weighted by molar-refractivity contribution is 5.92. The van der Waals surface area contributed by atoms with Gasteiger partial charge < -0.3 is 15.5 Å². The summed E-state index contributed by atoms with van der Waals surface area (Å²) < 4.78 is 0. The highest BCUT2D eigenvalue weighted by atomic mass is 16.2. The average Bonchev–Trinajstić information content (AvgIpc) is 3.30. The number of amides is 1. The zero-order valence-corrected chi connectivity index (χ0v) is 16.5. The molecular weight excluding hydrogens is 362 g/mol. The van der Waals surface area contributed by atoms with Crippen molar-refractivity contribution in [1.82, 2.24) is 15.5 Å². The van der Waals surface area contributed by atoms with Gasteiger partial charge in [0.1, 0.15) is 0 Å². The summed E-state index contributed by atoms with van der Waals surface area (Å²) in [6.45, 7) is 4.21. The van der Waals surface area contributed by atoms with E-state index in [9.17, 15) is 4.79 Å². The minimum Gasteiger partial charge on any atom is -0.372 e. The first-order valence-electron chi connectivity index (χ1n) is 10.0. The van der Waals surface area contributed by atoms with Crippen molar-refractivity contribution in [3.63, 3.8) is 0 Å². The number of nitrogens with zero attached hydrogens (tertiary/aromatic N) is 3. The number of nitrogens with one attached hydrogen (secondary N) is 2. The van der Waals surface area contributed by atoms with Gasteiger partial charge in [-0.1, -0.05) is 30.3 Å². The van der Waals surface area contributed by atoms with Crippen LogP contribution in [0.4, 0.5) is 17.2 Å². The summed E-state index contributed by atoms with van der Waals surface area (Å²) in [6, 6.07) is 21.5. The SMILES string of the molecule is CC(NC(=O)c1ccc(Nc2ccc(N3CCCC3)cc2)nn1)c1ccccc1. The molecule has 4 rings (SSSR count). The van der Waals surface area contributed by atoms with Crippen LogP contribution in [-0.4, -0.2) is 29.2 Å². The maximum atomic E-state index is 12.4. The summed E-state index contributed by atoms with van der Waals surface area (Å²) in [7, 11) is 0. The molecule has 148 valence electrons. The van der Waals surface area contributed by atoms with Crippen LogP contribution in [0, 0.1) is 0 Å². The van der Waals surface area contributed by atoms with Crippen LogP contribution in [0.15, 0.2) is 66.7 Å². The third-order valence-corrected chi connectivity index (χ3v) is 5.16. The summed E-state index contributed by atoms with van der Waals surface area (Å²) in [4.78, 5) is 14.8. The van der Waals surface area contributed by atoms with E-state index in [1.807, 2.05) is 49.4 Å². The number of anilines is 3. The molecule has 0 aliphatic carbocycles. The number of aromatic nitrogens is 2. The van der Waals surface area contributed by atoms with Crippen LogP contribution in [0.3, 0.4) is 0 Å². The van der Waals surface area contributed by atoms with Gasteiger partial charge in [-0.3, -0.25) is 4.79 Å². The minimum absolute atomic E-state index is 0.0996. The fourth-order valence-corrected chi connectivity index (χ4v) is 3.49. The van der Waals surface area contributed by atoms with E-state index in [0.29, 0.717) is 11.5 Å². The molecule has 2 aromatic carbocycles. The van der Waals surface area contributed by atoms with Crippen LogP contribution < -0.4 is 15.5 Å². The van der Waals surface area contributed by atoms with Crippen LogP contribution in [0.1, 0.15) is 41.9 Å². The maximum Gasteiger partial charge on any atom is 0.272 e. The first-order chi connectivity index (χ1) is 14.2. The van der Waals surface area contributed by atoms with Gasteiger partial charge in [0.15, 0.2) is 11.5 Å².